The van der Waals surface area contributed by atoms with E-state index in [1.807, 2.05) is 12.1 Å². The van der Waals surface area contributed by atoms with Gasteiger partial charge in [-0.2, -0.15) is 10.5 Å². The van der Waals surface area contributed by atoms with Crippen LogP contribution in [0, 0.1) is 22.7 Å². The van der Waals surface area contributed by atoms with Crippen LogP contribution in [0.25, 0.3) is 0 Å². The van der Waals surface area contributed by atoms with Gasteiger partial charge < -0.3 is 5.32 Å². The number of allylic oxidation sites excluding steroid dienone is 1. The number of nitrogens with one attached hydrogen (secondary N) is 1. The number of hydrogen-bond acceptors (Lipinski definition) is 3. The third-order valence-electron chi connectivity index (χ3n) is 0.732. The Kier molecular flexibility index (Phi) is 3.90. The van der Waals surface area contributed by atoms with Crippen molar-refractivity contribution in [3.05, 3.63) is 11.8 Å². The van der Waals surface area contributed by atoms with Gasteiger partial charge in [-0.15, -0.1) is 0 Å². The van der Waals surface area contributed by atoms with Gasteiger partial charge in [0.05, 0.1) is 24.1 Å². The molecule has 0 amide bonds. The smallest absolute Gasteiger partial charge is 0.0973 e. The molecule has 9 heavy (non-hydrogen) atoms. The number of hydrogen-bond donors (Lipinski definition) is 1. The Morgan fingerprint density at radius 1 is 1.67 bits per heavy atom. The van der Waals surface area contributed by atoms with Crippen molar-refractivity contribution in [2.75, 3.05) is 7.05 Å². The minimum atomic E-state index is 0.178. The summed E-state index contributed by atoms with van der Waals surface area (Å²) < 4.78 is 0. The average Bonchev–Trinajstić information content (AvgIpc) is 1.88. The molecule has 0 spiro atoms. The summed E-state index contributed by atoms with van der Waals surface area (Å²) >= 11 is 0. The highest BCUT2D eigenvalue weighted by Gasteiger charge is 1.89. The van der Waals surface area contributed by atoms with E-state index < -0.39 is 0 Å². The van der Waals surface area contributed by atoms with Crippen molar-refractivity contribution in [1.82, 2.24) is 5.32 Å². The molecule has 0 aromatic rings. The van der Waals surface area contributed by atoms with Gasteiger partial charge >= 0.3 is 0 Å². The molecule has 0 heterocycles. The zero-order valence-electron chi connectivity index (χ0n) is 5.18. The third kappa shape index (κ3) is 3.13. The molecule has 0 saturated heterocycles. The monoisotopic (exact) mass is 121 g/mol. The molecular weight excluding hydrogens is 114 g/mol. The lowest BCUT2D eigenvalue weighted by atomic mass is 10.2. The van der Waals surface area contributed by atoms with Crippen molar-refractivity contribution in [2.45, 2.75) is 6.42 Å². The molecule has 0 aromatic carbocycles. The van der Waals surface area contributed by atoms with E-state index in [1.165, 1.54) is 6.20 Å². The maximum atomic E-state index is 8.28. The van der Waals surface area contributed by atoms with Gasteiger partial charge in [0.1, 0.15) is 0 Å². The first-order chi connectivity index (χ1) is 4.35. The first-order valence-corrected chi connectivity index (χ1v) is 2.48. The Bertz CT molecular complexity index is 179. The summed E-state index contributed by atoms with van der Waals surface area (Å²) in [5, 5.41) is 19.1. The second-order valence-electron chi connectivity index (χ2n) is 1.40. The normalized spacial score (nSPS) is 9.44. The van der Waals surface area contributed by atoms with Crippen molar-refractivity contribution in [1.29, 1.82) is 10.5 Å². The molecule has 1 N–H and O–H groups in total. The topological polar surface area (TPSA) is 59.6 Å². The van der Waals surface area contributed by atoms with Crippen molar-refractivity contribution in [3.63, 3.8) is 0 Å². The van der Waals surface area contributed by atoms with Crippen LogP contribution >= 0.6 is 0 Å². The SMILES string of the molecule is CN/C=C(/C#N)CC#N. The highest BCUT2D eigenvalue weighted by Crippen LogP contribution is 1.93. The maximum absolute atomic E-state index is 8.28. The van der Waals surface area contributed by atoms with Gasteiger partial charge in [0, 0.05) is 13.2 Å². The molecule has 46 valence electrons. The molecule has 0 unspecified atom stereocenters. The maximum Gasteiger partial charge on any atom is 0.0973 e. The minimum absolute atomic E-state index is 0.178. The van der Waals surface area contributed by atoms with E-state index in [1.54, 1.807) is 7.05 Å². The van der Waals surface area contributed by atoms with E-state index in [-0.39, 0.29) is 6.42 Å². The van der Waals surface area contributed by atoms with E-state index in [2.05, 4.69) is 5.32 Å². The van der Waals surface area contributed by atoms with E-state index in [9.17, 15) is 0 Å². The first-order valence-electron chi connectivity index (χ1n) is 2.48. The van der Waals surface area contributed by atoms with Gasteiger partial charge in [0.2, 0.25) is 0 Å². The number of rotatable bonds is 2. The van der Waals surface area contributed by atoms with Crippen molar-refractivity contribution in [3.8, 4) is 12.1 Å². The lowest BCUT2D eigenvalue weighted by Crippen LogP contribution is -1.94. The Hall–Kier alpha value is -1.48. The molecule has 3 nitrogen and oxygen atoms in total. The van der Waals surface area contributed by atoms with Crippen LogP contribution in [0.3, 0.4) is 0 Å². The van der Waals surface area contributed by atoms with Crippen LogP contribution in [0.15, 0.2) is 11.8 Å². The standard InChI is InChI=1S/C6H7N3/c1-9-5-6(4-8)2-3-7/h5,9H,2H2,1H3/b6-5+. The lowest BCUT2D eigenvalue weighted by Gasteiger charge is -1.86. The minimum Gasteiger partial charge on any atom is -0.393 e. The van der Waals surface area contributed by atoms with Gasteiger partial charge in [0.25, 0.3) is 0 Å². The summed E-state index contributed by atoms with van der Waals surface area (Å²) in [6.07, 6.45) is 1.70. The van der Waals surface area contributed by atoms with Crippen LogP contribution in [-0.2, 0) is 0 Å². The molecule has 0 radical (unpaired) electrons. The summed E-state index contributed by atoms with van der Waals surface area (Å²) in [6.45, 7) is 0. The van der Waals surface area contributed by atoms with E-state index in [4.69, 9.17) is 10.5 Å². The van der Waals surface area contributed by atoms with E-state index in [0.717, 1.165) is 0 Å². The fraction of sp³-hybridized carbons (Fsp3) is 0.333. The van der Waals surface area contributed by atoms with Crippen molar-refractivity contribution in [2.24, 2.45) is 0 Å². The lowest BCUT2D eigenvalue weighted by molar-refractivity contribution is 1.07. The zero-order valence-corrected chi connectivity index (χ0v) is 5.18. The number of nitriles is 2. The van der Waals surface area contributed by atoms with Crippen LogP contribution in [0.2, 0.25) is 0 Å². The Balaban J connectivity index is 3.90. The third-order valence-corrected chi connectivity index (χ3v) is 0.732. The van der Waals surface area contributed by atoms with Crippen LogP contribution in [0.5, 0.6) is 0 Å². The molecular formula is C6H7N3. The van der Waals surface area contributed by atoms with Gasteiger partial charge in [-0.3, -0.25) is 0 Å². The van der Waals surface area contributed by atoms with Gasteiger partial charge in [-0.1, -0.05) is 0 Å². The van der Waals surface area contributed by atoms with E-state index in [0.29, 0.717) is 5.57 Å². The van der Waals surface area contributed by atoms with Gasteiger partial charge in [-0.05, 0) is 0 Å². The highest BCUT2D eigenvalue weighted by molar-refractivity contribution is 5.22. The zero-order chi connectivity index (χ0) is 7.11. The van der Waals surface area contributed by atoms with Gasteiger partial charge in [0.15, 0.2) is 0 Å². The molecule has 0 atom stereocenters. The highest BCUT2D eigenvalue weighted by atomic mass is 14.8. The fourth-order valence-corrected chi connectivity index (χ4v) is 0.382. The van der Waals surface area contributed by atoms with Crippen molar-refractivity contribution >= 4 is 0 Å². The predicted molar refractivity (Wildman–Crippen MR) is 33.0 cm³/mol. The molecule has 3 heteroatoms. The summed E-state index contributed by atoms with van der Waals surface area (Å²) in [5.41, 5.74) is 0.458. The fourth-order valence-electron chi connectivity index (χ4n) is 0.382. The predicted octanol–water partition coefficient (Wildman–Crippen LogP) is 0.527. The second-order valence-corrected chi connectivity index (χ2v) is 1.40. The van der Waals surface area contributed by atoms with Crippen molar-refractivity contribution < 1.29 is 0 Å². The van der Waals surface area contributed by atoms with Crippen LogP contribution in [0.1, 0.15) is 6.42 Å². The molecule has 0 aromatic heterocycles. The summed E-state index contributed by atoms with van der Waals surface area (Å²) in [7, 11) is 1.69. The summed E-state index contributed by atoms with van der Waals surface area (Å²) in [5.74, 6) is 0. The van der Waals surface area contributed by atoms with Crippen LogP contribution in [-0.4, -0.2) is 7.05 Å². The first kappa shape index (κ1) is 7.52. The molecule has 0 aliphatic heterocycles. The molecule has 0 saturated carbocycles. The second kappa shape index (κ2) is 4.67. The van der Waals surface area contributed by atoms with Gasteiger partial charge in [-0.25, -0.2) is 0 Å². The Morgan fingerprint density at radius 2 is 2.33 bits per heavy atom. The van der Waals surface area contributed by atoms with Crippen LogP contribution < -0.4 is 5.32 Å². The van der Waals surface area contributed by atoms with Crippen LogP contribution in [0.4, 0.5) is 0 Å². The summed E-state index contributed by atoms with van der Waals surface area (Å²) in [4.78, 5) is 0. The molecule has 0 rings (SSSR count). The largest absolute Gasteiger partial charge is 0.393 e. The summed E-state index contributed by atoms with van der Waals surface area (Å²) in [6, 6.07) is 3.75. The quantitative estimate of drug-likeness (QED) is 0.542. The van der Waals surface area contributed by atoms with E-state index >= 15 is 0 Å². The molecule has 0 aliphatic rings. The molecule has 0 bridgehead atoms. The molecule has 0 fully saturated rings. The Morgan fingerprint density at radius 3 is 2.67 bits per heavy atom. The Labute approximate surface area is 54.2 Å². The molecule has 0 aliphatic carbocycles. The number of nitrogens with zero attached hydrogens (tertiary/aromatic N) is 2. The average molecular weight is 121 g/mol.